The summed E-state index contributed by atoms with van der Waals surface area (Å²) in [6.07, 6.45) is -2.02. The molecule has 6 atom stereocenters. The Labute approximate surface area is 165 Å². The van der Waals surface area contributed by atoms with Gasteiger partial charge in [-0.3, -0.25) is 0 Å². The third kappa shape index (κ3) is 5.30. The number of benzene rings is 1. The van der Waals surface area contributed by atoms with Gasteiger partial charge in [0.2, 0.25) is 0 Å². The molecular weight excluding hydrogens is 709 g/mol. The zero-order valence-corrected chi connectivity index (χ0v) is 18.9. The Balaban J connectivity index is 0.000000595. The molecule has 2 aliphatic rings. The van der Waals surface area contributed by atoms with Crippen LogP contribution < -0.4 is 0 Å². The van der Waals surface area contributed by atoms with Crippen LogP contribution in [0.5, 0.6) is 0 Å². The van der Waals surface area contributed by atoms with Gasteiger partial charge < -0.3 is 30.4 Å². The van der Waals surface area contributed by atoms with Crippen LogP contribution in [0.15, 0.2) is 30.3 Å². The van der Waals surface area contributed by atoms with E-state index in [1.54, 1.807) is 0 Å². The summed E-state index contributed by atoms with van der Waals surface area (Å²) in [4.78, 5) is 0. The summed E-state index contributed by atoms with van der Waals surface area (Å²) in [6, 6.07) is 8.10. The van der Waals surface area contributed by atoms with Crippen LogP contribution in [0.25, 0.3) is 11.5 Å². The number of hydrogen-bond acceptors (Lipinski definition) is 4. The van der Waals surface area contributed by atoms with E-state index < -0.39 is 30.8 Å². The van der Waals surface area contributed by atoms with Crippen LogP contribution in [0.1, 0.15) is 11.9 Å². The van der Waals surface area contributed by atoms with Crippen molar-refractivity contribution < 1.29 is 30.1 Å². The maximum absolute atomic E-state index is 8.16. The average molecular weight is 727 g/mol. The average Bonchev–Trinajstić information content (AvgIpc) is 2.59. The topological polar surface area (TPSA) is 84.5 Å². The number of nitrogens with one attached hydrogen (secondary N) is 2. The fourth-order valence-electron chi connectivity index (χ4n) is 2.60. The van der Waals surface area contributed by atoms with Gasteiger partial charge in [-0.1, -0.05) is 36.4 Å². The molecule has 0 saturated carbocycles. The molecule has 2 fully saturated rings. The van der Waals surface area contributed by atoms with E-state index in [2.05, 4.69) is 38.7 Å². The van der Waals surface area contributed by atoms with E-state index in [1.807, 2.05) is 30.3 Å². The third-order valence-corrected chi connectivity index (χ3v) is 3.71. The zero-order chi connectivity index (χ0) is 16.8. The van der Waals surface area contributed by atoms with E-state index in [0.29, 0.717) is 17.8 Å². The van der Waals surface area contributed by atoms with Gasteiger partial charge in [0.25, 0.3) is 0 Å². The van der Waals surface area contributed by atoms with Gasteiger partial charge in [0, 0.05) is 12.7 Å². The van der Waals surface area contributed by atoms with Gasteiger partial charge in [-0.25, -0.2) is 0 Å². The summed E-state index contributed by atoms with van der Waals surface area (Å²) >= 11 is 5.30. The molecule has 6 nitrogen and oxygen atoms in total. The van der Waals surface area contributed by atoms with E-state index in [-0.39, 0.29) is 6.10 Å². The molecule has 0 radical (unpaired) electrons. The minimum absolute atomic E-state index is 0.339. The number of hydrogen-bond donors (Lipinski definition) is 0. The van der Waals surface area contributed by atoms with E-state index in [0.717, 1.165) is 5.56 Å². The second-order valence-corrected chi connectivity index (χ2v) is 21.6. The third-order valence-electron chi connectivity index (χ3n) is 3.71. The van der Waals surface area contributed by atoms with Crippen molar-refractivity contribution in [3.05, 3.63) is 47.4 Å². The van der Waals surface area contributed by atoms with Gasteiger partial charge in [0.15, 0.2) is 6.29 Å². The summed E-state index contributed by atoms with van der Waals surface area (Å²) in [6.45, 7) is 0.339. The number of rotatable bonds is 2. The van der Waals surface area contributed by atoms with Crippen molar-refractivity contribution in [1.29, 1.82) is 0 Å². The molecule has 0 amide bonds. The number of halogens is 2. The predicted molar refractivity (Wildman–Crippen MR) is 99.9 cm³/mol. The quantitative estimate of drug-likeness (QED) is 0.431. The normalized spacial score (nSPS) is 36.7. The van der Waals surface area contributed by atoms with Crippen LogP contribution in [0.2, 0.25) is 0 Å². The van der Waals surface area contributed by atoms with Crippen LogP contribution in [0.3, 0.4) is 0 Å². The first-order valence-electron chi connectivity index (χ1n) is 6.87. The van der Waals surface area contributed by atoms with Gasteiger partial charge in [-0.05, 0) is 0 Å². The fraction of sp³-hybridized carbons (Fsp3) is 0.571. The summed E-state index contributed by atoms with van der Waals surface area (Å²) in [5, 5.41) is 0. The van der Waals surface area contributed by atoms with E-state index in [4.69, 9.17) is 30.4 Å². The molecule has 1 aromatic rings. The SMILES string of the molecule is COC1O[C@@H]2COC(c3ccccc3)OC2[C@H]([NH-])[C@H]1[NH-].[I][Pt+2][I]. The molecule has 9 heteroatoms. The van der Waals surface area contributed by atoms with Crippen LogP contribution >= 0.6 is 38.7 Å². The Morgan fingerprint density at radius 3 is 2.39 bits per heavy atom. The zero-order valence-electron chi connectivity index (χ0n) is 12.3. The fourth-order valence-corrected chi connectivity index (χ4v) is 2.60. The molecule has 0 aliphatic carbocycles. The summed E-state index contributed by atoms with van der Waals surface area (Å²) in [5.41, 5.74) is 17.0. The van der Waals surface area contributed by atoms with Crippen molar-refractivity contribution >= 4 is 38.7 Å². The van der Waals surface area contributed by atoms with Crippen LogP contribution in [0, 0.1) is 0 Å². The molecule has 0 aromatic heterocycles. The minimum atomic E-state index is -0.782. The molecule has 23 heavy (non-hydrogen) atoms. The molecule has 2 N–H and O–H groups in total. The van der Waals surface area contributed by atoms with Crippen LogP contribution in [0.4, 0.5) is 0 Å². The molecule has 0 spiro atoms. The van der Waals surface area contributed by atoms with Crippen molar-refractivity contribution in [3.63, 3.8) is 0 Å². The summed E-state index contributed by atoms with van der Waals surface area (Å²) in [5.74, 6) is 0. The van der Waals surface area contributed by atoms with Crippen LogP contribution in [-0.2, 0) is 30.1 Å². The number of methoxy groups -OCH3 is 1. The molecule has 0 bridgehead atoms. The van der Waals surface area contributed by atoms with E-state index in [9.17, 15) is 0 Å². The molecule has 2 saturated heterocycles. The van der Waals surface area contributed by atoms with Gasteiger partial charge in [0.1, 0.15) is 12.4 Å². The molecule has 3 unspecified atom stereocenters. The van der Waals surface area contributed by atoms with E-state index in [1.165, 1.54) is 7.11 Å². The Hall–Kier alpha value is 1.13. The van der Waals surface area contributed by atoms with Gasteiger partial charge in [-0.15, -0.1) is 6.04 Å². The van der Waals surface area contributed by atoms with Crippen molar-refractivity contribution in [2.45, 2.75) is 36.9 Å². The molecule has 132 valence electrons. The molecule has 1 aromatic carbocycles. The molecular formula is C14H18I2N2O4Pt. The molecule has 3 rings (SSSR count). The summed E-state index contributed by atoms with van der Waals surface area (Å²) < 4.78 is 22.2. The Morgan fingerprint density at radius 2 is 1.78 bits per heavy atom. The Bertz CT molecular complexity index is 471. The van der Waals surface area contributed by atoms with Crippen molar-refractivity contribution in [1.82, 2.24) is 0 Å². The van der Waals surface area contributed by atoms with Gasteiger partial charge in [-0.2, -0.15) is 0 Å². The molecule has 2 aliphatic heterocycles. The second kappa shape index (κ2) is 10.3. The first-order valence-corrected chi connectivity index (χ1v) is 19.8. The van der Waals surface area contributed by atoms with Gasteiger partial charge >= 0.3 is 49.9 Å². The Kier molecular flexibility index (Phi) is 9.17. The predicted octanol–water partition coefficient (Wildman–Crippen LogP) is 4.08. The van der Waals surface area contributed by atoms with Gasteiger partial charge in [0.05, 0.1) is 12.7 Å². The number of fused-ring (bicyclic) bond motifs is 1. The summed E-state index contributed by atoms with van der Waals surface area (Å²) in [7, 11) is 1.48. The second-order valence-electron chi connectivity index (χ2n) is 5.05. The standard InChI is InChI=1S/C14H18N2O4.2HI.Pt/c1-17-14-11(16)10(15)12-9(19-14)7-18-13(20-12)8-5-3-2-4-6-8;;;/h2-6,9-16H,7H2,1H3;2*1H;/q-2;;;+4/p-2/t9-,10-,11-,12?,13?,14?;;;/m1.../s1. The Morgan fingerprint density at radius 1 is 1.13 bits per heavy atom. The maximum atomic E-state index is 8.16. The monoisotopic (exact) mass is 727 g/mol. The van der Waals surface area contributed by atoms with E-state index >= 15 is 0 Å². The van der Waals surface area contributed by atoms with Crippen molar-refractivity contribution in [2.24, 2.45) is 0 Å². The molecule has 2 heterocycles. The van der Waals surface area contributed by atoms with Crippen LogP contribution in [-0.4, -0.2) is 44.3 Å². The van der Waals surface area contributed by atoms with Crippen molar-refractivity contribution in [2.75, 3.05) is 13.7 Å². The number of ether oxygens (including phenoxy) is 4. The first kappa shape index (κ1) is 20.4. The van der Waals surface area contributed by atoms with Crippen molar-refractivity contribution in [3.8, 4) is 0 Å². The first-order chi connectivity index (χ1) is 11.1.